The largest absolute Gasteiger partial charge is 0.381 e. The molecule has 0 aliphatic carbocycles. The van der Waals surface area contributed by atoms with E-state index in [1.54, 1.807) is 6.07 Å². The first-order chi connectivity index (χ1) is 9.11. The molecule has 1 spiro atoms. The number of rotatable bonds is 1. The molecule has 0 aromatic heterocycles. The Kier molecular flexibility index (Phi) is 3.58. The van der Waals surface area contributed by atoms with Crippen molar-refractivity contribution in [2.45, 2.75) is 12.8 Å². The molecule has 2 aliphatic rings. The first-order valence-corrected chi connectivity index (χ1v) is 7.59. The highest BCUT2D eigenvalue weighted by Crippen LogP contribution is 2.39. The third-order valence-electron chi connectivity index (χ3n) is 4.09. The van der Waals surface area contributed by atoms with Gasteiger partial charge in [-0.15, -0.1) is 0 Å². The number of amides is 1. The summed E-state index contributed by atoms with van der Waals surface area (Å²) in [6.07, 6.45) is 2.09. The van der Waals surface area contributed by atoms with Crippen LogP contribution in [0.2, 0.25) is 5.02 Å². The lowest BCUT2D eigenvalue weighted by molar-refractivity contribution is 0.0766. The highest BCUT2D eigenvalue weighted by Gasteiger charge is 2.43. The molecule has 3 nitrogen and oxygen atoms in total. The zero-order valence-electron chi connectivity index (χ0n) is 10.5. The fraction of sp³-hybridized carbons (Fsp3) is 0.500. The molecule has 0 N–H and O–H groups in total. The van der Waals surface area contributed by atoms with Crippen molar-refractivity contribution in [3.05, 3.63) is 33.3 Å². The normalized spacial score (nSPS) is 26.3. The van der Waals surface area contributed by atoms with Crippen LogP contribution >= 0.6 is 27.5 Å². The van der Waals surface area contributed by atoms with Crippen molar-refractivity contribution in [1.29, 1.82) is 0 Å². The van der Waals surface area contributed by atoms with E-state index in [4.69, 9.17) is 16.3 Å². The summed E-state index contributed by atoms with van der Waals surface area (Å²) < 4.78 is 6.25. The molecule has 0 bridgehead atoms. The smallest absolute Gasteiger partial charge is 0.255 e. The van der Waals surface area contributed by atoms with Gasteiger partial charge in [0, 0.05) is 29.6 Å². The van der Waals surface area contributed by atoms with Crippen molar-refractivity contribution < 1.29 is 9.53 Å². The van der Waals surface area contributed by atoms with Crippen LogP contribution in [-0.4, -0.2) is 37.1 Å². The van der Waals surface area contributed by atoms with Crippen LogP contribution < -0.4 is 0 Å². The Balaban J connectivity index is 1.80. The second-order valence-corrected chi connectivity index (χ2v) is 6.61. The van der Waals surface area contributed by atoms with Gasteiger partial charge in [0.2, 0.25) is 0 Å². The van der Waals surface area contributed by atoms with Crippen LogP contribution in [-0.2, 0) is 4.74 Å². The van der Waals surface area contributed by atoms with Gasteiger partial charge in [0.1, 0.15) is 0 Å². The highest BCUT2D eigenvalue weighted by atomic mass is 79.9. The topological polar surface area (TPSA) is 29.5 Å². The number of likely N-dealkylation sites (tertiary alicyclic amines) is 1. The average Bonchev–Trinajstić information content (AvgIpc) is 3.03. The van der Waals surface area contributed by atoms with Crippen molar-refractivity contribution in [2.75, 3.05) is 26.3 Å². The third-order valence-corrected chi connectivity index (χ3v) is 5.39. The summed E-state index contributed by atoms with van der Waals surface area (Å²) in [6, 6.07) is 5.47. The van der Waals surface area contributed by atoms with Crippen molar-refractivity contribution >= 4 is 33.4 Å². The maximum absolute atomic E-state index is 12.5. The fourth-order valence-electron chi connectivity index (χ4n) is 2.92. The summed E-state index contributed by atoms with van der Waals surface area (Å²) in [6.45, 7) is 3.18. The van der Waals surface area contributed by atoms with Crippen LogP contribution in [0.5, 0.6) is 0 Å². The number of benzene rings is 1. The van der Waals surface area contributed by atoms with E-state index in [0.29, 0.717) is 10.6 Å². The maximum atomic E-state index is 12.5. The van der Waals surface area contributed by atoms with Gasteiger partial charge < -0.3 is 9.64 Å². The van der Waals surface area contributed by atoms with Gasteiger partial charge in [-0.3, -0.25) is 4.79 Å². The Morgan fingerprint density at radius 3 is 3.00 bits per heavy atom. The fourth-order valence-corrected chi connectivity index (χ4v) is 3.49. The number of halogens is 2. The molecule has 3 rings (SSSR count). The van der Waals surface area contributed by atoms with E-state index < -0.39 is 0 Å². The van der Waals surface area contributed by atoms with E-state index in [0.717, 1.165) is 43.6 Å². The van der Waals surface area contributed by atoms with E-state index in [2.05, 4.69) is 15.9 Å². The minimum atomic E-state index is 0.0232. The molecule has 1 amide bonds. The van der Waals surface area contributed by atoms with Gasteiger partial charge in [-0.25, -0.2) is 0 Å². The zero-order valence-corrected chi connectivity index (χ0v) is 12.8. The lowest BCUT2D eigenvalue weighted by atomic mass is 9.87. The lowest BCUT2D eigenvalue weighted by Crippen LogP contribution is -2.32. The van der Waals surface area contributed by atoms with Crippen LogP contribution in [0.15, 0.2) is 22.7 Å². The molecule has 1 atom stereocenters. The van der Waals surface area contributed by atoms with Crippen LogP contribution in [0.4, 0.5) is 0 Å². The highest BCUT2D eigenvalue weighted by molar-refractivity contribution is 9.10. The molecule has 1 aromatic rings. The number of carbonyl (C=O) groups excluding carboxylic acids is 1. The molecule has 1 aromatic carbocycles. The SMILES string of the molecule is O=C(c1cccc(Br)c1Cl)N1CC[C@@]2(CCOC2)C1. The van der Waals surface area contributed by atoms with Crippen molar-refractivity contribution in [3.63, 3.8) is 0 Å². The van der Waals surface area contributed by atoms with Gasteiger partial charge in [-0.1, -0.05) is 17.7 Å². The van der Waals surface area contributed by atoms with Crippen LogP contribution in [0.25, 0.3) is 0 Å². The molecule has 2 fully saturated rings. The average molecular weight is 345 g/mol. The molecule has 0 saturated carbocycles. The predicted octanol–water partition coefficient (Wildman–Crippen LogP) is 3.36. The lowest BCUT2D eigenvalue weighted by Gasteiger charge is -2.22. The Morgan fingerprint density at radius 2 is 2.26 bits per heavy atom. The van der Waals surface area contributed by atoms with E-state index in [1.165, 1.54) is 0 Å². The number of hydrogen-bond donors (Lipinski definition) is 0. The molecule has 5 heteroatoms. The number of ether oxygens (including phenoxy) is 1. The van der Waals surface area contributed by atoms with Gasteiger partial charge in [0.05, 0.1) is 17.2 Å². The quantitative estimate of drug-likeness (QED) is 0.782. The minimum absolute atomic E-state index is 0.0232. The summed E-state index contributed by atoms with van der Waals surface area (Å²) >= 11 is 9.56. The summed E-state index contributed by atoms with van der Waals surface area (Å²) in [5.74, 6) is 0.0232. The number of nitrogens with zero attached hydrogens (tertiary/aromatic N) is 1. The monoisotopic (exact) mass is 343 g/mol. The maximum Gasteiger partial charge on any atom is 0.255 e. The van der Waals surface area contributed by atoms with Gasteiger partial charge >= 0.3 is 0 Å². The van der Waals surface area contributed by atoms with Crippen molar-refractivity contribution in [2.24, 2.45) is 5.41 Å². The Labute approximate surface area is 126 Å². The summed E-state index contributed by atoms with van der Waals surface area (Å²) in [4.78, 5) is 14.4. The minimum Gasteiger partial charge on any atom is -0.381 e. The molecule has 0 radical (unpaired) electrons. The molecule has 2 saturated heterocycles. The van der Waals surface area contributed by atoms with Crippen LogP contribution in [0.3, 0.4) is 0 Å². The Morgan fingerprint density at radius 1 is 1.42 bits per heavy atom. The summed E-state index contributed by atoms with van der Waals surface area (Å²) in [5, 5.41) is 0.496. The number of hydrogen-bond acceptors (Lipinski definition) is 2. The Hall–Kier alpha value is -0.580. The zero-order chi connectivity index (χ0) is 13.5. The van der Waals surface area contributed by atoms with Crippen molar-refractivity contribution in [1.82, 2.24) is 4.90 Å². The van der Waals surface area contributed by atoms with E-state index in [9.17, 15) is 4.79 Å². The van der Waals surface area contributed by atoms with E-state index in [-0.39, 0.29) is 11.3 Å². The van der Waals surface area contributed by atoms with Gasteiger partial charge in [0.15, 0.2) is 0 Å². The van der Waals surface area contributed by atoms with Crippen LogP contribution in [0, 0.1) is 5.41 Å². The second kappa shape index (κ2) is 5.08. The molecule has 2 aliphatic heterocycles. The van der Waals surface area contributed by atoms with Crippen molar-refractivity contribution in [3.8, 4) is 0 Å². The standard InChI is InChI=1S/C14H15BrClNO2/c15-11-3-1-2-10(12(11)16)13(18)17-6-4-14(8-17)5-7-19-9-14/h1-3H,4-9H2/t14-/m1/s1. The van der Waals surface area contributed by atoms with Crippen LogP contribution in [0.1, 0.15) is 23.2 Å². The van der Waals surface area contributed by atoms with Gasteiger partial charge in [-0.05, 0) is 40.9 Å². The molecular formula is C14H15BrClNO2. The summed E-state index contributed by atoms with van der Waals surface area (Å²) in [5.41, 5.74) is 0.765. The molecule has 0 unspecified atom stereocenters. The second-order valence-electron chi connectivity index (χ2n) is 5.38. The molecular weight excluding hydrogens is 330 g/mol. The van der Waals surface area contributed by atoms with Gasteiger partial charge in [0.25, 0.3) is 5.91 Å². The molecule has 2 heterocycles. The van der Waals surface area contributed by atoms with Gasteiger partial charge in [-0.2, -0.15) is 0 Å². The number of carbonyl (C=O) groups is 1. The third kappa shape index (κ3) is 2.41. The first-order valence-electron chi connectivity index (χ1n) is 6.42. The predicted molar refractivity (Wildman–Crippen MR) is 77.5 cm³/mol. The molecule has 102 valence electrons. The molecule has 19 heavy (non-hydrogen) atoms. The van der Waals surface area contributed by atoms with E-state index >= 15 is 0 Å². The Bertz CT molecular complexity index is 514. The summed E-state index contributed by atoms with van der Waals surface area (Å²) in [7, 11) is 0. The van der Waals surface area contributed by atoms with E-state index in [1.807, 2.05) is 17.0 Å². The first kappa shape index (κ1) is 13.4.